The lowest BCUT2D eigenvalue weighted by atomic mass is 9.92. The van der Waals surface area contributed by atoms with E-state index in [4.69, 9.17) is 80.5 Å². The number of aliphatic hydroxyl groups excluding tert-OH is 36. The molecule has 0 spiro atoms. The molecule has 57 heteroatoms. The zero-order chi connectivity index (χ0) is 99.1. The number of carbonyl (C=O) groups excluding carboxylic acids is 2. The van der Waals surface area contributed by atoms with Crippen molar-refractivity contribution in [2.45, 2.75) is 362 Å². The summed E-state index contributed by atoms with van der Waals surface area (Å²) in [5.74, 6) is -7.82. The molecule has 0 aromatic heterocycles. The van der Waals surface area contributed by atoms with Gasteiger partial charge in [-0.3, -0.25) is 9.59 Å². The van der Waals surface area contributed by atoms with Crippen LogP contribution in [-0.2, 0) is 90.1 Å². The van der Waals surface area contributed by atoms with Gasteiger partial charge in [0.1, 0.15) is 214 Å². The molecule has 7 aliphatic rings. The van der Waals surface area contributed by atoms with E-state index in [2.05, 4.69) is 10.6 Å². The fourth-order valence-electron chi connectivity index (χ4n) is 15.7. The quantitative estimate of drug-likeness (QED) is 0.0252. The molecule has 2 amide bonds. The lowest BCUT2D eigenvalue weighted by molar-refractivity contribution is -0.400. The van der Waals surface area contributed by atoms with Crippen molar-refractivity contribution in [2.24, 2.45) is 23.7 Å². The zero-order valence-corrected chi connectivity index (χ0v) is 72.4. The Hall–Kier alpha value is -3.18. The number of amides is 2. The van der Waals surface area contributed by atoms with Gasteiger partial charge in [0.15, 0.2) is 62.9 Å². The summed E-state index contributed by atoms with van der Waals surface area (Å²) in [6, 6.07) is -3.21. The first kappa shape index (κ1) is 116. The summed E-state index contributed by atoms with van der Waals surface area (Å²) >= 11 is 0. The van der Waals surface area contributed by atoms with Crippen LogP contribution in [0.2, 0.25) is 0 Å². The number of nitrogens with one attached hydrogen (secondary N) is 2. The predicted molar refractivity (Wildman–Crippen MR) is 415 cm³/mol. The normalized spacial score (nSPS) is 41.4. The van der Waals surface area contributed by atoms with E-state index in [0.717, 1.165) is 27.7 Å². The van der Waals surface area contributed by atoms with E-state index in [1.807, 2.05) is 0 Å². The highest BCUT2D eigenvalue weighted by molar-refractivity contribution is 5.73. The fraction of sp³-hybridized carbons (Fsp3) is 0.973. The number of aliphatic hydroxyl groups is 36. The maximum Gasteiger partial charge on any atom is 0.217 e. The minimum Gasteiger partial charge on any atom is -0.396 e. The van der Waals surface area contributed by atoms with Crippen molar-refractivity contribution in [3.63, 3.8) is 0 Å². The van der Waals surface area contributed by atoms with E-state index < -0.39 is 421 Å². The van der Waals surface area contributed by atoms with Gasteiger partial charge >= 0.3 is 0 Å². The van der Waals surface area contributed by atoms with Crippen LogP contribution in [0.1, 0.15) is 48.5 Å². The van der Waals surface area contributed by atoms with Gasteiger partial charge in [-0.1, -0.05) is 27.7 Å². The molecule has 7 rings (SSSR count). The van der Waals surface area contributed by atoms with E-state index in [-0.39, 0.29) is 0 Å². The molecule has 0 radical (unpaired) electrons. The molecular formula is C75H136N2O55. The molecule has 22 unspecified atom stereocenters. The largest absolute Gasteiger partial charge is 0.396 e. The van der Waals surface area contributed by atoms with Crippen LogP contribution < -0.4 is 10.6 Å². The molecular weight excluding hydrogens is 1810 g/mol. The van der Waals surface area contributed by atoms with E-state index in [0.29, 0.717) is 0 Å². The van der Waals surface area contributed by atoms with Crippen molar-refractivity contribution in [2.75, 3.05) is 72.7 Å². The maximum absolute atomic E-state index is 13.0. The highest BCUT2D eigenvalue weighted by Crippen LogP contribution is 2.40. The number of hydrogen-bond acceptors (Lipinski definition) is 55. The number of carbonyl (C=O) groups is 2. The SMILES string of the molecule is CC(=O)NC1[C@H](O[C@@H]2C(CO)O[C@@H](C)C(NC(C)=O)[C@H]2O)OC(CO)[C@@H](O[C@H](O)C(O)[C@@H](O[C@H]2O[C@@H](CO)[C@@H](O)C(O)C2O[C@H]2O[C@@H](CO)[C@@H](O)C(O)C2O[C@H]2O[C@@H](CO)[C@@H](O)C(O)C2O)[C@H](O)C(C)CO[C@@H](O)C(O)[C@@H](O[C@H]2O[C@@H](CO)[C@@H](O)C(O)C2O[C@H]2O[C@@H](CO)[C@@H](O)C(O)C2O)[C@H](O)C(C)CO[C@@H](O)C(O[C@@H](O)C(O)[C@@H](O)[C@H](O)C(C)CO)[C@@H](O)[C@H](O)C(C)CO)[C@@H]1O. The molecule has 38 N–H and O–H groups in total. The molecule has 7 saturated heterocycles. The van der Waals surface area contributed by atoms with Crippen molar-refractivity contribution in [1.82, 2.24) is 10.6 Å². The van der Waals surface area contributed by atoms with Gasteiger partial charge < -0.3 is 275 Å². The Kier molecular flexibility index (Phi) is 46.1. The summed E-state index contributed by atoms with van der Waals surface area (Å²) < 4.78 is 98.1. The van der Waals surface area contributed by atoms with Crippen LogP contribution in [0, 0.1) is 23.7 Å². The number of rotatable bonds is 49. The Labute approximate surface area is 752 Å². The van der Waals surface area contributed by atoms with Gasteiger partial charge in [0.2, 0.25) is 11.8 Å². The first-order chi connectivity index (χ1) is 62.0. The minimum atomic E-state index is -3.03. The standard InChI is InChI=1S/C75H136N2O55/c1-19(8-78)35(89)46(100)53(107)67(113)126-62(49(103)36(90)20(2)9-79)69(115)117-18-22(4)37(91)60(128-73-63(50(104)41(95)28(12-82)121-73)130-71-54(108)47(101)39(93)26(10-80)119-71)56(110)66(112)116-17-21(3)38(92)61(57(111)68(114)125-58-32(16-86)124-70(34(45(58)99)77-25(7)88)127-59-31(15-85)118-23(5)33(44(59)98)76-24(6)87)129-74-65(52(106)43(97)29(13-83)122-74)132-75-64(51(105)42(96)30(14-84)123-75)131-72-55(109)48(102)40(94)27(11-81)120-72/h19-23,26-75,78-86,89-115H,8-18H2,1-7H3,(H,76,87)(H,77,88)/t19?,20?,21?,22?,23-,26-,27-,28-,29-,30-,31?,32?,33?,34?,35+,36+,37+,38+,39+,40+,41+,42+,43+,44+,45+,46-,47?,48?,49-,50?,51?,52?,53?,54?,55?,56?,57?,58+,59+,60-,61-,62?,63?,64?,65?,66+,67+,68-,69+,70-,71+,72+,73+,74+,75+/m0/s1. The molecule has 0 aromatic rings. The fourth-order valence-corrected chi connectivity index (χ4v) is 15.7. The predicted octanol–water partition coefficient (Wildman–Crippen LogP) is -22.7. The third kappa shape index (κ3) is 27.8. The van der Waals surface area contributed by atoms with Crippen molar-refractivity contribution in [3.05, 3.63) is 0 Å². The lowest BCUT2D eigenvalue weighted by Crippen LogP contribution is -2.69. The van der Waals surface area contributed by atoms with Crippen LogP contribution >= 0.6 is 0 Å². The highest BCUT2D eigenvalue weighted by atomic mass is 16.8. The summed E-state index contributed by atoms with van der Waals surface area (Å²) in [4.78, 5) is 25.2. The molecule has 7 heterocycles. The summed E-state index contributed by atoms with van der Waals surface area (Å²) in [7, 11) is 0. The first-order valence-electron chi connectivity index (χ1n) is 42.5. The summed E-state index contributed by atoms with van der Waals surface area (Å²) in [5, 5.41) is 406. The van der Waals surface area contributed by atoms with Gasteiger partial charge in [-0.05, 0) is 6.92 Å². The van der Waals surface area contributed by atoms with Crippen LogP contribution in [0.4, 0.5) is 0 Å². The van der Waals surface area contributed by atoms with Crippen molar-refractivity contribution in [3.8, 4) is 0 Å². The molecule has 0 aromatic carbocycles. The summed E-state index contributed by atoms with van der Waals surface area (Å²) in [6.45, 7) is -4.33. The van der Waals surface area contributed by atoms with E-state index in [1.165, 1.54) is 20.8 Å². The van der Waals surface area contributed by atoms with Gasteiger partial charge in [0, 0.05) is 50.7 Å². The molecule has 57 nitrogen and oxygen atoms in total. The van der Waals surface area contributed by atoms with Crippen LogP contribution in [-0.4, -0.2) is 581 Å². The molecule has 7 fully saturated rings. The Morgan fingerprint density at radius 3 is 1.01 bits per heavy atom. The second-order valence-corrected chi connectivity index (χ2v) is 34.0. The smallest absolute Gasteiger partial charge is 0.217 e. The van der Waals surface area contributed by atoms with Gasteiger partial charge in [-0.25, -0.2) is 0 Å². The van der Waals surface area contributed by atoms with Gasteiger partial charge in [0.25, 0.3) is 0 Å². The molecule has 776 valence electrons. The molecule has 7 aliphatic heterocycles. The van der Waals surface area contributed by atoms with Crippen LogP contribution in [0.25, 0.3) is 0 Å². The Morgan fingerprint density at radius 2 is 0.606 bits per heavy atom. The topological polar surface area (TPSA) is 943 Å². The average Bonchev–Trinajstić information content (AvgIpc) is 0.778. The van der Waals surface area contributed by atoms with Crippen molar-refractivity contribution in [1.29, 1.82) is 0 Å². The van der Waals surface area contributed by atoms with E-state index >= 15 is 0 Å². The van der Waals surface area contributed by atoms with E-state index in [1.54, 1.807) is 0 Å². The highest BCUT2D eigenvalue weighted by Gasteiger charge is 2.60. The lowest BCUT2D eigenvalue weighted by Gasteiger charge is -2.49. The third-order valence-electron chi connectivity index (χ3n) is 24.1. The van der Waals surface area contributed by atoms with Crippen LogP contribution in [0.3, 0.4) is 0 Å². The Balaban J connectivity index is 1.29. The molecule has 55 atom stereocenters. The third-order valence-corrected chi connectivity index (χ3v) is 24.1. The first-order valence-corrected chi connectivity index (χ1v) is 42.5. The summed E-state index contributed by atoms with van der Waals surface area (Å²) in [5.41, 5.74) is 0. The van der Waals surface area contributed by atoms with Gasteiger partial charge in [0.05, 0.1) is 96.0 Å². The second-order valence-electron chi connectivity index (χ2n) is 34.0. The molecule has 0 saturated carbocycles. The summed E-state index contributed by atoms with van der Waals surface area (Å²) in [6.07, 6.45) is -113. The van der Waals surface area contributed by atoms with Crippen LogP contribution in [0.15, 0.2) is 0 Å². The van der Waals surface area contributed by atoms with Gasteiger partial charge in [-0.15, -0.1) is 0 Å². The second kappa shape index (κ2) is 52.5. The minimum absolute atomic E-state index is 0.668. The van der Waals surface area contributed by atoms with Crippen molar-refractivity contribution >= 4 is 11.8 Å². The average molecular weight is 1950 g/mol. The monoisotopic (exact) mass is 1940 g/mol. The Morgan fingerprint density at radius 1 is 0.280 bits per heavy atom. The van der Waals surface area contributed by atoms with Crippen LogP contribution in [0.5, 0.6) is 0 Å². The van der Waals surface area contributed by atoms with E-state index in [9.17, 15) is 193 Å². The van der Waals surface area contributed by atoms with Gasteiger partial charge in [-0.2, -0.15) is 0 Å². The molecule has 0 bridgehead atoms. The van der Waals surface area contributed by atoms with Crippen molar-refractivity contribution < 1.29 is 274 Å². The number of hydrogen-bond donors (Lipinski definition) is 38. The maximum atomic E-state index is 13.0. The zero-order valence-electron chi connectivity index (χ0n) is 72.4. The Bertz CT molecular complexity index is 3320. The molecule has 0 aliphatic carbocycles. The molecule has 132 heavy (non-hydrogen) atoms. The number of ether oxygens (including phenoxy) is 17.